The number of rotatable bonds is 7. The molecule has 2 saturated carbocycles. The summed E-state index contributed by atoms with van der Waals surface area (Å²) in [7, 11) is 1.50. The molecule has 3 aromatic heterocycles. The highest BCUT2D eigenvalue weighted by Gasteiger charge is 2.50. The number of aliphatic hydroxyl groups excluding tert-OH is 1. The number of H-pyrrole nitrogens is 1. The number of nitrogens with one attached hydrogen (secondary N) is 1. The molecule has 4 aromatic rings. The fourth-order valence-electron chi connectivity index (χ4n) is 9.32. The molecule has 13 heteroatoms. The summed E-state index contributed by atoms with van der Waals surface area (Å²) in [5.41, 5.74) is 1.91. The van der Waals surface area contributed by atoms with Crippen LogP contribution in [0.2, 0.25) is 5.02 Å². The number of piperidine rings is 1. The van der Waals surface area contributed by atoms with Gasteiger partial charge in [-0.15, -0.1) is 0 Å². The number of β-amino-alcohol motifs (C(OH)–C–C–N with tert-alkyl or cyclic N) is 1. The second kappa shape index (κ2) is 13.7. The van der Waals surface area contributed by atoms with Gasteiger partial charge in [-0.1, -0.05) is 24.9 Å². The van der Waals surface area contributed by atoms with Gasteiger partial charge in [-0.2, -0.15) is 15.1 Å². The summed E-state index contributed by atoms with van der Waals surface area (Å²) in [4.78, 5) is 19.1. The molecular weight excluding hydrogens is 661 g/mol. The Labute approximate surface area is 296 Å². The van der Waals surface area contributed by atoms with Crippen molar-refractivity contribution in [3.05, 3.63) is 28.7 Å². The van der Waals surface area contributed by atoms with Crippen LogP contribution in [0.3, 0.4) is 0 Å². The SMILES string of the molecule is COc1nc(-c2c(C)c(Cl)cc3[nH]ncc23)c(F)c2nc(OCC34CCCC3N(C3CCC(C)CC3)CCC4)nc(N3CCOCC(O)C3)c12. The molecule has 0 radical (unpaired) electrons. The van der Waals surface area contributed by atoms with Gasteiger partial charge in [0, 0.05) is 46.6 Å². The Morgan fingerprint density at radius 3 is 2.76 bits per heavy atom. The van der Waals surface area contributed by atoms with Crippen LogP contribution in [0, 0.1) is 24.1 Å². The van der Waals surface area contributed by atoms with E-state index in [0.717, 1.165) is 31.7 Å². The summed E-state index contributed by atoms with van der Waals surface area (Å²) in [5, 5.41) is 19.3. The van der Waals surface area contributed by atoms with Crippen molar-refractivity contribution in [1.29, 1.82) is 0 Å². The Morgan fingerprint density at radius 2 is 1.94 bits per heavy atom. The van der Waals surface area contributed by atoms with E-state index in [0.29, 0.717) is 70.1 Å². The minimum Gasteiger partial charge on any atom is -0.480 e. The third-order valence-corrected chi connectivity index (χ3v) is 12.3. The zero-order valence-electron chi connectivity index (χ0n) is 29.2. The summed E-state index contributed by atoms with van der Waals surface area (Å²) >= 11 is 6.63. The third-order valence-electron chi connectivity index (χ3n) is 11.9. The van der Waals surface area contributed by atoms with E-state index < -0.39 is 11.9 Å². The molecule has 0 bridgehead atoms. The number of ether oxygens (including phenoxy) is 3. The summed E-state index contributed by atoms with van der Waals surface area (Å²) < 4.78 is 35.3. The molecule has 0 spiro atoms. The molecule has 5 heterocycles. The lowest BCUT2D eigenvalue weighted by Gasteiger charge is -2.50. The highest BCUT2D eigenvalue weighted by Crippen LogP contribution is 2.50. The van der Waals surface area contributed by atoms with Crippen molar-refractivity contribution in [3.8, 4) is 23.1 Å². The summed E-state index contributed by atoms with van der Waals surface area (Å²) in [6.45, 7) is 7.06. The number of hydrogen-bond acceptors (Lipinski definition) is 10. The Kier molecular flexibility index (Phi) is 9.24. The number of hydrogen-bond donors (Lipinski definition) is 2. The van der Waals surface area contributed by atoms with Crippen LogP contribution in [0.25, 0.3) is 33.1 Å². The fraction of sp³-hybridized carbons (Fsp3) is 0.622. The lowest BCUT2D eigenvalue weighted by Crippen LogP contribution is -2.56. The molecule has 2 N–H and O–H groups in total. The van der Waals surface area contributed by atoms with Gasteiger partial charge in [0.15, 0.2) is 5.82 Å². The predicted octanol–water partition coefficient (Wildman–Crippen LogP) is 6.47. The van der Waals surface area contributed by atoms with E-state index >= 15 is 4.39 Å². The molecule has 4 fully saturated rings. The zero-order chi connectivity index (χ0) is 34.6. The van der Waals surface area contributed by atoms with Crippen molar-refractivity contribution in [3.63, 3.8) is 0 Å². The largest absolute Gasteiger partial charge is 0.480 e. The van der Waals surface area contributed by atoms with Crippen molar-refractivity contribution >= 4 is 39.2 Å². The Morgan fingerprint density at radius 1 is 1.12 bits per heavy atom. The molecule has 1 aromatic carbocycles. The first-order chi connectivity index (χ1) is 24.3. The standard InChI is InChI=1S/C37H47ClFN7O4/c1-21-7-9-23(10-8-21)46-13-5-12-37(11-4-6-28(37)46)20-50-36-42-33-30(34(43-36)45-14-15-49-19-24(47)18-45)35(48-3)41-32(31(33)39)29-22(2)26(38)16-27-25(29)17-40-44-27/h16-17,21,23-24,28,47H,4-15,18-20H2,1-3H3,(H,40,44). The predicted molar refractivity (Wildman–Crippen MR) is 191 cm³/mol. The number of anilines is 1. The molecule has 268 valence electrons. The lowest BCUT2D eigenvalue weighted by atomic mass is 9.74. The van der Waals surface area contributed by atoms with Gasteiger partial charge < -0.3 is 24.2 Å². The molecule has 3 unspecified atom stereocenters. The van der Waals surface area contributed by atoms with Crippen LogP contribution in [-0.4, -0.2) is 99.9 Å². The van der Waals surface area contributed by atoms with Crippen LogP contribution in [0.4, 0.5) is 10.2 Å². The highest BCUT2D eigenvalue weighted by atomic mass is 35.5. The van der Waals surface area contributed by atoms with E-state index in [1.54, 1.807) is 12.3 Å². The van der Waals surface area contributed by atoms with Crippen LogP contribution in [-0.2, 0) is 4.74 Å². The average molecular weight is 708 g/mol. The van der Waals surface area contributed by atoms with Crippen LogP contribution >= 0.6 is 11.6 Å². The van der Waals surface area contributed by atoms with E-state index in [1.807, 2.05) is 11.8 Å². The zero-order valence-corrected chi connectivity index (χ0v) is 29.9. The van der Waals surface area contributed by atoms with Crippen molar-refractivity contribution in [2.24, 2.45) is 11.3 Å². The van der Waals surface area contributed by atoms with Crippen molar-refractivity contribution in [2.45, 2.75) is 89.8 Å². The third kappa shape index (κ3) is 5.95. The maximum atomic E-state index is 17.2. The van der Waals surface area contributed by atoms with Gasteiger partial charge in [-0.3, -0.25) is 10.00 Å². The topological polar surface area (TPSA) is 122 Å². The van der Waals surface area contributed by atoms with Gasteiger partial charge in [0.05, 0.1) is 44.7 Å². The number of halogens is 2. The molecular formula is C37H47ClFN7O4. The maximum absolute atomic E-state index is 17.2. The molecule has 2 saturated heterocycles. The first kappa shape index (κ1) is 33.8. The fourth-order valence-corrected chi connectivity index (χ4v) is 9.52. The Balaban J connectivity index is 1.22. The molecule has 3 atom stereocenters. The molecule has 4 aliphatic rings. The molecule has 0 amide bonds. The average Bonchev–Trinajstić information content (AvgIpc) is 3.71. The number of benzene rings is 1. The number of pyridine rings is 1. The van der Waals surface area contributed by atoms with Gasteiger partial charge in [0.2, 0.25) is 5.88 Å². The van der Waals surface area contributed by atoms with E-state index in [9.17, 15) is 5.11 Å². The number of likely N-dealkylation sites (tertiary alicyclic amines) is 1. The van der Waals surface area contributed by atoms with E-state index in [-0.39, 0.29) is 41.7 Å². The summed E-state index contributed by atoms with van der Waals surface area (Å²) in [6, 6.07) is 2.97. The van der Waals surface area contributed by atoms with Crippen molar-refractivity contribution in [2.75, 3.05) is 51.5 Å². The quantitative estimate of drug-likeness (QED) is 0.221. The summed E-state index contributed by atoms with van der Waals surface area (Å²) in [5.74, 6) is 0.726. The van der Waals surface area contributed by atoms with Gasteiger partial charge in [0.25, 0.3) is 0 Å². The molecule has 11 nitrogen and oxygen atoms in total. The minimum absolute atomic E-state index is 0.00312. The van der Waals surface area contributed by atoms with Crippen LogP contribution < -0.4 is 14.4 Å². The number of fused-ring (bicyclic) bond motifs is 3. The Bertz CT molecular complexity index is 1880. The smallest absolute Gasteiger partial charge is 0.319 e. The first-order valence-corrected chi connectivity index (χ1v) is 18.6. The molecule has 50 heavy (non-hydrogen) atoms. The number of aromatic amines is 1. The van der Waals surface area contributed by atoms with Gasteiger partial charge >= 0.3 is 6.01 Å². The second-order valence-electron chi connectivity index (χ2n) is 15.0. The second-order valence-corrected chi connectivity index (χ2v) is 15.4. The van der Waals surface area contributed by atoms with Gasteiger partial charge in [-0.05, 0) is 82.4 Å². The van der Waals surface area contributed by atoms with Gasteiger partial charge in [-0.25, -0.2) is 9.37 Å². The monoisotopic (exact) mass is 707 g/mol. The maximum Gasteiger partial charge on any atom is 0.319 e. The molecule has 2 aliphatic heterocycles. The lowest BCUT2D eigenvalue weighted by molar-refractivity contribution is -0.0326. The first-order valence-electron chi connectivity index (χ1n) is 18.2. The number of aromatic nitrogens is 5. The van der Waals surface area contributed by atoms with E-state index in [4.69, 9.17) is 40.8 Å². The number of aliphatic hydroxyl groups is 1. The van der Waals surface area contributed by atoms with Crippen LogP contribution in [0.15, 0.2) is 12.3 Å². The van der Waals surface area contributed by atoms with Gasteiger partial charge in [0.1, 0.15) is 22.4 Å². The minimum atomic E-state index is -0.757. The molecule has 8 rings (SSSR count). The summed E-state index contributed by atoms with van der Waals surface area (Å²) in [6.07, 6.45) is 11.7. The van der Waals surface area contributed by atoms with E-state index in [2.05, 4.69) is 22.0 Å². The normalized spacial score (nSPS) is 27.8. The van der Waals surface area contributed by atoms with Crippen molar-refractivity contribution < 1.29 is 23.7 Å². The van der Waals surface area contributed by atoms with Crippen LogP contribution in [0.1, 0.15) is 70.3 Å². The number of nitrogens with zero attached hydrogens (tertiary/aromatic N) is 6. The Hall–Kier alpha value is -3.32. The van der Waals surface area contributed by atoms with Crippen molar-refractivity contribution in [1.82, 2.24) is 30.0 Å². The highest BCUT2D eigenvalue weighted by molar-refractivity contribution is 6.33. The number of methoxy groups -OCH3 is 1. The molecule has 2 aliphatic carbocycles. The van der Waals surface area contributed by atoms with Crippen LogP contribution in [0.5, 0.6) is 11.9 Å². The van der Waals surface area contributed by atoms with E-state index in [1.165, 1.54) is 45.6 Å².